The first-order chi connectivity index (χ1) is 10.0. The van der Waals surface area contributed by atoms with Gasteiger partial charge in [-0.25, -0.2) is 0 Å². The van der Waals surface area contributed by atoms with Gasteiger partial charge in [-0.3, -0.25) is 4.90 Å². The average molecular weight is 294 g/mol. The fraction of sp³-hybridized carbons (Fsp3) is 0.647. The molecule has 0 aliphatic carbocycles. The Balaban J connectivity index is 3.03. The molecule has 2 atom stereocenters. The molecule has 1 aromatic carbocycles. The first-order valence-corrected chi connectivity index (χ1v) is 7.55. The van der Waals surface area contributed by atoms with Crippen LogP contribution in [0.2, 0.25) is 0 Å². The van der Waals surface area contributed by atoms with E-state index in [1.165, 1.54) is 16.7 Å². The Morgan fingerprint density at radius 1 is 1.10 bits per heavy atom. The van der Waals surface area contributed by atoms with Gasteiger partial charge in [0.15, 0.2) is 0 Å². The van der Waals surface area contributed by atoms with E-state index in [0.29, 0.717) is 25.8 Å². The Morgan fingerprint density at radius 2 is 1.71 bits per heavy atom. The van der Waals surface area contributed by atoms with Crippen LogP contribution in [0.1, 0.15) is 29.7 Å². The van der Waals surface area contributed by atoms with Gasteiger partial charge >= 0.3 is 0 Å². The standard InChI is InChI=1S/C17H30N2O2/c1-13-8-14(2)10-16(9-13)17(11-18)19(6-7-20-4)15(3)12-21-5/h8-10,15,17H,6-7,11-12,18H2,1-5H3. The zero-order valence-corrected chi connectivity index (χ0v) is 14.1. The molecule has 0 saturated carbocycles. The largest absolute Gasteiger partial charge is 0.383 e. The SMILES string of the molecule is COCCN(C(C)COC)C(CN)c1cc(C)cc(C)c1. The number of hydrogen-bond acceptors (Lipinski definition) is 4. The van der Waals surface area contributed by atoms with Gasteiger partial charge in [0, 0.05) is 39.4 Å². The Labute approximate surface area is 129 Å². The van der Waals surface area contributed by atoms with Gasteiger partial charge < -0.3 is 15.2 Å². The van der Waals surface area contributed by atoms with Crippen molar-refractivity contribution in [3.8, 4) is 0 Å². The molecule has 0 aliphatic rings. The van der Waals surface area contributed by atoms with Crippen LogP contribution in [-0.2, 0) is 9.47 Å². The smallest absolute Gasteiger partial charge is 0.0615 e. The molecule has 0 bridgehead atoms. The Kier molecular flexibility index (Phi) is 7.89. The molecule has 0 saturated heterocycles. The lowest BCUT2D eigenvalue weighted by molar-refractivity contribution is 0.0486. The van der Waals surface area contributed by atoms with E-state index in [2.05, 4.69) is 43.9 Å². The normalized spacial score (nSPS) is 14.4. The molecule has 4 nitrogen and oxygen atoms in total. The summed E-state index contributed by atoms with van der Waals surface area (Å²) in [6, 6.07) is 7.12. The maximum Gasteiger partial charge on any atom is 0.0615 e. The zero-order valence-electron chi connectivity index (χ0n) is 14.1. The van der Waals surface area contributed by atoms with E-state index in [1.54, 1.807) is 14.2 Å². The number of rotatable bonds is 9. The molecule has 1 aromatic rings. The van der Waals surface area contributed by atoms with Crippen molar-refractivity contribution in [2.75, 3.05) is 40.5 Å². The Morgan fingerprint density at radius 3 is 2.19 bits per heavy atom. The molecule has 0 spiro atoms. The minimum atomic E-state index is 0.184. The summed E-state index contributed by atoms with van der Waals surface area (Å²) >= 11 is 0. The van der Waals surface area contributed by atoms with E-state index >= 15 is 0 Å². The van der Waals surface area contributed by atoms with Crippen LogP contribution in [0.5, 0.6) is 0 Å². The highest BCUT2D eigenvalue weighted by molar-refractivity contribution is 5.31. The fourth-order valence-corrected chi connectivity index (χ4v) is 2.88. The van der Waals surface area contributed by atoms with Gasteiger partial charge in [0.1, 0.15) is 0 Å². The van der Waals surface area contributed by atoms with Crippen molar-refractivity contribution in [3.05, 3.63) is 34.9 Å². The van der Waals surface area contributed by atoms with Crippen molar-refractivity contribution in [2.45, 2.75) is 32.9 Å². The lowest BCUT2D eigenvalue weighted by atomic mass is 9.99. The van der Waals surface area contributed by atoms with Gasteiger partial charge in [-0.2, -0.15) is 0 Å². The maximum atomic E-state index is 6.09. The molecule has 0 aromatic heterocycles. The first-order valence-electron chi connectivity index (χ1n) is 7.55. The van der Waals surface area contributed by atoms with Gasteiger partial charge in [0.05, 0.1) is 13.2 Å². The number of aryl methyl sites for hydroxylation is 2. The summed E-state index contributed by atoms with van der Waals surface area (Å²) in [5.41, 5.74) is 9.91. The summed E-state index contributed by atoms with van der Waals surface area (Å²) in [6.07, 6.45) is 0. The predicted molar refractivity (Wildman–Crippen MR) is 87.6 cm³/mol. The molecule has 0 amide bonds. The number of benzene rings is 1. The molecule has 0 aliphatic heterocycles. The van der Waals surface area contributed by atoms with E-state index in [9.17, 15) is 0 Å². The number of hydrogen-bond donors (Lipinski definition) is 1. The fourth-order valence-electron chi connectivity index (χ4n) is 2.88. The third-order valence-electron chi connectivity index (χ3n) is 3.78. The monoisotopic (exact) mass is 294 g/mol. The second kappa shape index (κ2) is 9.15. The highest BCUT2D eigenvalue weighted by Crippen LogP contribution is 2.24. The van der Waals surface area contributed by atoms with Crippen LogP contribution < -0.4 is 5.73 Å². The number of ether oxygens (including phenoxy) is 2. The lowest BCUT2D eigenvalue weighted by Crippen LogP contribution is -2.44. The van der Waals surface area contributed by atoms with Gasteiger partial charge in [-0.05, 0) is 26.3 Å². The summed E-state index contributed by atoms with van der Waals surface area (Å²) in [5, 5.41) is 0. The summed E-state index contributed by atoms with van der Waals surface area (Å²) < 4.78 is 10.6. The number of nitrogens with two attached hydrogens (primary N) is 1. The Bertz CT molecular complexity index is 403. The molecule has 2 N–H and O–H groups in total. The predicted octanol–water partition coefficient (Wildman–Crippen LogP) is 2.29. The van der Waals surface area contributed by atoms with E-state index in [0.717, 1.165) is 6.54 Å². The molecule has 4 heteroatoms. The molecular weight excluding hydrogens is 264 g/mol. The van der Waals surface area contributed by atoms with Crippen molar-refractivity contribution in [1.82, 2.24) is 4.90 Å². The third kappa shape index (κ3) is 5.40. The molecule has 0 radical (unpaired) electrons. The quantitative estimate of drug-likeness (QED) is 0.759. The molecule has 2 unspecified atom stereocenters. The summed E-state index contributed by atoms with van der Waals surface area (Å²) in [5.74, 6) is 0. The van der Waals surface area contributed by atoms with Crippen LogP contribution in [0.25, 0.3) is 0 Å². The van der Waals surface area contributed by atoms with Gasteiger partial charge in [-0.1, -0.05) is 29.3 Å². The highest BCUT2D eigenvalue weighted by Gasteiger charge is 2.24. The molecule has 120 valence electrons. The molecule has 21 heavy (non-hydrogen) atoms. The average Bonchev–Trinajstić information content (AvgIpc) is 2.42. The number of nitrogens with zero attached hydrogens (tertiary/aromatic N) is 1. The van der Waals surface area contributed by atoms with Crippen LogP contribution >= 0.6 is 0 Å². The van der Waals surface area contributed by atoms with Crippen molar-refractivity contribution < 1.29 is 9.47 Å². The van der Waals surface area contributed by atoms with Gasteiger partial charge in [-0.15, -0.1) is 0 Å². The van der Waals surface area contributed by atoms with Gasteiger partial charge in [0.2, 0.25) is 0 Å². The van der Waals surface area contributed by atoms with Crippen molar-refractivity contribution in [3.63, 3.8) is 0 Å². The third-order valence-corrected chi connectivity index (χ3v) is 3.78. The first kappa shape index (κ1) is 18.1. The van der Waals surface area contributed by atoms with Gasteiger partial charge in [0.25, 0.3) is 0 Å². The summed E-state index contributed by atoms with van der Waals surface area (Å²) in [7, 11) is 3.46. The van der Waals surface area contributed by atoms with E-state index in [4.69, 9.17) is 15.2 Å². The molecular formula is C17H30N2O2. The van der Waals surface area contributed by atoms with Crippen LogP contribution in [0.15, 0.2) is 18.2 Å². The number of methoxy groups -OCH3 is 2. The molecule has 1 rings (SSSR count). The minimum Gasteiger partial charge on any atom is -0.383 e. The topological polar surface area (TPSA) is 47.7 Å². The van der Waals surface area contributed by atoms with Crippen LogP contribution in [0, 0.1) is 13.8 Å². The van der Waals surface area contributed by atoms with Crippen molar-refractivity contribution >= 4 is 0 Å². The van der Waals surface area contributed by atoms with Crippen molar-refractivity contribution in [2.24, 2.45) is 5.73 Å². The van der Waals surface area contributed by atoms with E-state index in [1.807, 2.05) is 0 Å². The van der Waals surface area contributed by atoms with E-state index in [-0.39, 0.29) is 6.04 Å². The van der Waals surface area contributed by atoms with Crippen LogP contribution in [0.4, 0.5) is 0 Å². The molecule has 0 fully saturated rings. The second-order valence-corrected chi connectivity index (χ2v) is 5.71. The van der Waals surface area contributed by atoms with Crippen molar-refractivity contribution in [1.29, 1.82) is 0 Å². The highest BCUT2D eigenvalue weighted by atomic mass is 16.5. The summed E-state index contributed by atoms with van der Waals surface area (Å²) in [4.78, 5) is 2.38. The Hall–Kier alpha value is -0.940. The van der Waals surface area contributed by atoms with Crippen LogP contribution in [0.3, 0.4) is 0 Å². The van der Waals surface area contributed by atoms with Crippen LogP contribution in [-0.4, -0.2) is 51.5 Å². The summed E-state index contributed by atoms with van der Waals surface area (Å²) in [6.45, 7) is 9.23. The zero-order chi connectivity index (χ0) is 15.8. The molecule has 0 heterocycles. The lowest BCUT2D eigenvalue weighted by Gasteiger charge is -2.36. The maximum absolute atomic E-state index is 6.09. The second-order valence-electron chi connectivity index (χ2n) is 5.71. The minimum absolute atomic E-state index is 0.184. The van der Waals surface area contributed by atoms with E-state index < -0.39 is 0 Å².